The molecule has 9 heteroatoms. The molecule has 0 amide bonds. The fourth-order valence-corrected chi connectivity index (χ4v) is 5.31. The van der Waals surface area contributed by atoms with E-state index >= 15 is 0 Å². The Kier molecular flexibility index (Phi) is 4.21. The Bertz CT molecular complexity index is 1280. The molecule has 0 radical (unpaired) electrons. The summed E-state index contributed by atoms with van der Waals surface area (Å²) < 4.78 is 48.1. The van der Waals surface area contributed by atoms with E-state index < -0.39 is 15.8 Å². The maximum Gasteiger partial charge on any atom is 0.243 e. The van der Waals surface area contributed by atoms with Crippen LogP contribution in [0.15, 0.2) is 70.5 Å². The second kappa shape index (κ2) is 6.78. The van der Waals surface area contributed by atoms with Gasteiger partial charge in [-0.05, 0) is 42.8 Å². The molecule has 29 heavy (non-hydrogen) atoms. The van der Waals surface area contributed by atoms with Crippen LogP contribution in [0, 0.1) is 5.82 Å². The quantitative estimate of drug-likeness (QED) is 0.513. The summed E-state index contributed by atoms with van der Waals surface area (Å²) >= 11 is 0. The lowest BCUT2D eigenvalue weighted by molar-refractivity contribution is 0.454. The maximum atomic E-state index is 13.6. The third kappa shape index (κ3) is 3.02. The number of aromatic nitrogens is 3. The third-order valence-electron chi connectivity index (χ3n) is 5.15. The Morgan fingerprint density at radius 2 is 2.07 bits per heavy atom. The molecule has 0 spiro atoms. The van der Waals surface area contributed by atoms with E-state index in [1.165, 1.54) is 22.5 Å². The number of pyridine rings is 1. The molecule has 7 nitrogen and oxygen atoms in total. The van der Waals surface area contributed by atoms with Crippen LogP contribution < -0.4 is 0 Å². The molecule has 1 aromatic carbocycles. The summed E-state index contributed by atoms with van der Waals surface area (Å²) in [7, 11) is -3.78. The maximum absolute atomic E-state index is 13.6. The van der Waals surface area contributed by atoms with E-state index in [1.807, 2.05) is 22.8 Å². The van der Waals surface area contributed by atoms with Gasteiger partial charge in [-0.25, -0.2) is 22.8 Å². The van der Waals surface area contributed by atoms with Crippen molar-refractivity contribution >= 4 is 21.2 Å². The van der Waals surface area contributed by atoms with Gasteiger partial charge in [0, 0.05) is 19.3 Å². The van der Waals surface area contributed by atoms with Crippen LogP contribution in [-0.4, -0.2) is 40.3 Å². The van der Waals surface area contributed by atoms with Crippen LogP contribution in [-0.2, 0) is 10.0 Å². The molecule has 5 rings (SSSR count). The van der Waals surface area contributed by atoms with Crippen LogP contribution in [0.1, 0.15) is 12.5 Å². The zero-order chi connectivity index (χ0) is 20.0. The Morgan fingerprint density at radius 3 is 2.86 bits per heavy atom. The molecule has 0 saturated carbocycles. The number of furan rings is 1. The number of benzene rings is 1. The van der Waals surface area contributed by atoms with Crippen molar-refractivity contribution in [1.82, 2.24) is 18.8 Å². The third-order valence-corrected chi connectivity index (χ3v) is 7.01. The van der Waals surface area contributed by atoms with E-state index in [4.69, 9.17) is 4.42 Å². The van der Waals surface area contributed by atoms with E-state index in [9.17, 15) is 12.8 Å². The van der Waals surface area contributed by atoms with E-state index in [1.54, 1.807) is 18.7 Å². The average molecular weight is 412 g/mol. The zero-order valence-corrected chi connectivity index (χ0v) is 16.1. The lowest BCUT2D eigenvalue weighted by Crippen LogP contribution is -2.29. The lowest BCUT2D eigenvalue weighted by atomic mass is 10.2. The standard InChI is InChI=1S/C20H17FN4O3S/c21-15-3-1-4-17(11-15)29(26,27)24-9-6-16(12-24)25-19(14-7-10-28-13-14)23-18-5-2-8-22-20(18)25/h1-5,7-8,10-11,13,16H,6,9,12H2. The van der Waals surface area contributed by atoms with Gasteiger partial charge in [-0.1, -0.05) is 6.07 Å². The number of sulfonamides is 1. The van der Waals surface area contributed by atoms with Crippen LogP contribution in [0.3, 0.4) is 0 Å². The minimum atomic E-state index is -3.78. The monoisotopic (exact) mass is 412 g/mol. The van der Waals surface area contributed by atoms with E-state index in [-0.39, 0.29) is 17.5 Å². The van der Waals surface area contributed by atoms with Crippen molar-refractivity contribution in [2.24, 2.45) is 0 Å². The number of halogens is 1. The Labute approximate surface area is 166 Å². The van der Waals surface area contributed by atoms with Gasteiger partial charge in [-0.15, -0.1) is 0 Å². The highest BCUT2D eigenvalue weighted by Crippen LogP contribution is 2.34. The molecule has 1 atom stereocenters. The van der Waals surface area contributed by atoms with Crippen molar-refractivity contribution in [3.63, 3.8) is 0 Å². The fourth-order valence-electron chi connectivity index (χ4n) is 3.79. The second-order valence-corrected chi connectivity index (χ2v) is 8.86. The zero-order valence-electron chi connectivity index (χ0n) is 15.3. The summed E-state index contributed by atoms with van der Waals surface area (Å²) in [6.45, 7) is 0.590. The molecular weight excluding hydrogens is 395 g/mol. The fraction of sp³-hybridized carbons (Fsp3) is 0.200. The number of hydrogen-bond acceptors (Lipinski definition) is 5. The van der Waals surface area contributed by atoms with Crippen molar-refractivity contribution in [3.8, 4) is 11.4 Å². The van der Waals surface area contributed by atoms with Crippen LogP contribution in [0.4, 0.5) is 4.39 Å². The highest BCUT2D eigenvalue weighted by atomic mass is 32.2. The van der Waals surface area contributed by atoms with Crippen molar-refractivity contribution in [1.29, 1.82) is 0 Å². The van der Waals surface area contributed by atoms with Gasteiger partial charge in [-0.3, -0.25) is 0 Å². The van der Waals surface area contributed by atoms with Crippen LogP contribution in [0.2, 0.25) is 0 Å². The summed E-state index contributed by atoms with van der Waals surface area (Å²) in [6.07, 6.45) is 5.47. The van der Waals surface area contributed by atoms with Gasteiger partial charge < -0.3 is 8.98 Å². The summed E-state index contributed by atoms with van der Waals surface area (Å²) in [5, 5.41) is 0. The second-order valence-electron chi connectivity index (χ2n) is 6.93. The van der Waals surface area contributed by atoms with Gasteiger partial charge in [0.15, 0.2) is 5.65 Å². The highest BCUT2D eigenvalue weighted by Gasteiger charge is 2.35. The van der Waals surface area contributed by atoms with Gasteiger partial charge in [0.2, 0.25) is 10.0 Å². The number of nitrogens with zero attached hydrogens (tertiary/aromatic N) is 4. The van der Waals surface area contributed by atoms with Gasteiger partial charge in [0.25, 0.3) is 0 Å². The summed E-state index contributed by atoms with van der Waals surface area (Å²) in [5.41, 5.74) is 2.23. The van der Waals surface area contributed by atoms with Gasteiger partial charge in [0.1, 0.15) is 23.4 Å². The van der Waals surface area contributed by atoms with E-state index in [0.29, 0.717) is 24.4 Å². The number of hydrogen-bond donors (Lipinski definition) is 0. The molecule has 0 aliphatic carbocycles. The first-order valence-electron chi connectivity index (χ1n) is 9.15. The van der Waals surface area contributed by atoms with Crippen molar-refractivity contribution in [2.75, 3.05) is 13.1 Å². The van der Waals surface area contributed by atoms with Gasteiger partial charge in [-0.2, -0.15) is 4.31 Å². The highest BCUT2D eigenvalue weighted by molar-refractivity contribution is 7.89. The Hall–Kier alpha value is -3.04. The molecular formula is C20H17FN4O3S. The first-order valence-corrected chi connectivity index (χ1v) is 10.6. The van der Waals surface area contributed by atoms with Crippen molar-refractivity contribution in [3.05, 3.63) is 67.0 Å². The number of rotatable bonds is 4. The average Bonchev–Trinajstić information content (AvgIpc) is 3.46. The first-order chi connectivity index (χ1) is 14.0. The molecule has 4 heterocycles. The Balaban J connectivity index is 1.54. The Morgan fingerprint density at radius 1 is 1.17 bits per heavy atom. The molecule has 1 fully saturated rings. The molecule has 0 bridgehead atoms. The summed E-state index contributed by atoms with van der Waals surface area (Å²) in [6, 6.07) is 10.4. The molecule has 1 aliphatic rings. The first kappa shape index (κ1) is 18.0. The van der Waals surface area contributed by atoms with Crippen LogP contribution in [0.25, 0.3) is 22.6 Å². The van der Waals surface area contributed by atoms with Gasteiger partial charge >= 0.3 is 0 Å². The predicted octanol–water partition coefficient (Wildman–Crippen LogP) is 3.47. The largest absolute Gasteiger partial charge is 0.472 e. The molecule has 0 N–H and O–H groups in total. The molecule has 3 aromatic heterocycles. The summed E-state index contributed by atoms with van der Waals surface area (Å²) in [4.78, 5) is 9.11. The van der Waals surface area contributed by atoms with E-state index in [0.717, 1.165) is 17.1 Å². The van der Waals surface area contributed by atoms with E-state index in [2.05, 4.69) is 9.97 Å². The number of imidazole rings is 1. The normalized spacial score (nSPS) is 17.9. The SMILES string of the molecule is O=S(=O)(c1cccc(F)c1)N1CCC(n2c(-c3ccoc3)nc3cccnc32)C1. The molecule has 4 aromatic rings. The van der Waals surface area contributed by atoms with Crippen LogP contribution in [0.5, 0.6) is 0 Å². The van der Waals surface area contributed by atoms with Crippen molar-refractivity contribution in [2.45, 2.75) is 17.4 Å². The molecule has 148 valence electrons. The topological polar surface area (TPSA) is 81.2 Å². The minimum absolute atomic E-state index is 0.0400. The number of fused-ring (bicyclic) bond motifs is 1. The molecule has 1 saturated heterocycles. The van der Waals surface area contributed by atoms with Gasteiger partial charge in [0.05, 0.1) is 22.8 Å². The molecule has 1 unspecified atom stereocenters. The molecule has 1 aliphatic heterocycles. The summed E-state index contributed by atoms with van der Waals surface area (Å²) in [5.74, 6) is 0.108. The van der Waals surface area contributed by atoms with Crippen molar-refractivity contribution < 1.29 is 17.2 Å². The van der Waals surface area contributed by atoms with Crippen LogP contribution >= 0.6 is 0 Å². The smallest absolute Gasteiger partial charge is 0.243 e. The predicted molar refractivity (Wildman–Crippen MR) is 104 cm³/mol. The minimum Gasteiger partial charge on any atom is -0.472 e. The lowest BCUT2D eigenvalue weighted by Gasteiger charge is -2.18.